The second kappa shape index (κ2) is 9.86. The van der Waals surface area contributed by atoms with Gasteiger partial charge in [0.2, 0.25) is 0 Å². The quantitative estimate of drug-likeness (QED) is 0.213. The Morgan fingerprint density at radius 3 is 1.82 bits per heavy atom. The number of hydrogen-bond donors (Lipinski definition) is 0. The number of ether oxygens (including phenoxy) is 1. The summed E-state index contributed by atoms with van der Waals surface area (Å²) in [7, 11) is 0. The summed E-state index contributed by atoms with van der Waals surface area (Å²) in [5, 5.41) is 4.72. The van der Waals surface area contributed by atoms with Crippen LogP contribution in [0.1, 0.15) is 0 Å². The molecular weight excluding hydrogens is 536 g/mol. The molecule has 2 heterocycles. The van der Waals surface area contributed by atoms with Gasteiger partial charge in [-0.05, 0) is 80.4 Å². The van der Waals surface area contributed by atoms with Gasteiger partial charge in [-0.1, -0.05) is 121 Å². The normalized spacial score (nSPS) is 11.8. The zero-order valence-corrected chi connectivity index (χ0v) is 23.8. The Morgan fingerprint density at radius 2 is 0.955 bits per heavy atom. The molecule has 1 aliphatic rings. The van der Waals surface area contributed by atoms with Crippen LogP contribution in [0.5, 0.6) is 11.5 Å². The summed E-state index contributed by atoms with van der Waals surface area (Å²) in [4.78, 5) is 0. The van der Waals surface area contributed by atoms with Crippen LogP contribution < -0.4 is 4.74 Å². The van der Waals surface area contributed by atoms with Crippen molar-refractivity contribution in [3.05, 3.63) is 158 Å². The fraction of sp³-hybridized carbons (Fsp3) is 0. The van der Waals surface area contributed by atoms with Crippen LogP contribution in [-0.2, 0) is 0 Å². The van der Waals surface area contributed by atoms with Gasteiger partial charge < -0.3 is 9.15 Å². The van der Waals surface area contributed by atoms with Crippen LogP contribution in [0.3, 0.4) is 0 Å². The first-order chi connectivity index (χ1) is 21.8. The lowest BCUT2D eigenvalue weighted by Crippen LogP contribution is -1.97. The molecule has 0 spiro atoms. The standard InChI is InChI=1S/C42H26O2/c1-2-11-27(12-3-1)31-19-8-13-28-14-9-20-35(41(28)31)32-16-4-5-17-33(32)39-24-23-37(43-39)30-25-29-15-10-22-40-42(29)36(26-30)34-18-6-7-21-38(34)44-40/h1-26H. The van der Waals surface area contributed by atoms with Crippen molar-refractivity contribution >= 4 is 21.5 Å². The molecule has 0 amide bonds. The van der Waals surface area contributed by atoms with Crippen LogP contribution in [0.15, 0.2) is 162 Å². The van der Waals surface area contributed by atoms with E-state index in [-0.39, 0.29) is 0 Å². The molecule has 0 unspecified atom stereocenters. The van der Waals surface area contributed by atoms with Crippen molar-refractivity contribution in [2.45, 2.75) is 0 Å². The maximum Gasteiger partial charge on any atom is 0.135 e. The molecule has 2 nitrogen and oxygen atoms in total. The maximum atomic E-state index is 6.70. The lowest BCUT2D eigenvalue weighted by Gasteiger charge is -2.21. The molecule has 0 atom stereocenters. The highest BCUT2D eigenvalue weighted by molar-refractivity contribution is 6.09. The monoisotopic (exact) mass is 562 g/mol. The van der Waals surface area contributed by atoms with Crippen LogP contribution in [0.4, 0.5) is 0 Å². The highest BCUT2D eigenvalue weighted by atomic mass is 16.5. The lowest BCUT2D eigenvalue weighted by molar-refractivity contribution is 0.487. The fourth-order valence-electron chi connectivity index (χ4n) is 6.72. The minimum Gasteiger partial charge on any atom is -0.456 e. The lowest BCUT2D eigenvalue weighted by atomic mass is 9.89. The molecule has 0 saturated heterocycles. The topological polar surface area (TPSA) is 22.4 Å². The second-order valence-corrected chi connectivity index (χ2v) is 11.3. The third-order valence-electron chi connectivity index (χ3n) is 8.70. The van der Waals surface area contributed by atoms with Gasteiger partial charge in [0, 0.05) is 22.1 Å². The summed E-state index contributed by atoms with van der Waals surface area (Å²) < 4.78 is 13.0. The Hall–Kier alpha value is -5.86. The van der Waals surface area contributed by atoms with Gasteiger partial charge in [0.05, 0.1) is 0 Å². The third kappa shape index (κ3) is 3.89. The molecule has 206 valence electrons. The summed E-state index contributed by atoms with van der Waals surface area (Å²) in [6.07, 6.45) is 0. The Morgan fingerprint density at radius 1 is 0.318 bits per heavy atom. The van der Waals surface area contributed by atoms with Crippen LogP contribution in [0.2, 0.25) is 0 Å². The largest absolute Gasteiger partial charge is 0.456 e. The zero-order chi connectivity index (χ0) is 29.0. The van der Waals surface area contributed by atoms with Gasteiger partial charge in [-0.2, -0.15) is 0 Å². The maximum absolute atomic E-state index is 6.70. The predicted octanol–water partition coefficient (Wildman–Crippen LogP) is 12.0. The zero-order valence-electron chi connectivity index (χ0n) is 23.8. The Bertz CT molecular complexity index is 2360. The summed E-state index contributed by atoms with van der Waals surface area (Å²) in [5.41, 5.74) is 9.14. The molecule has 0 bridgehead atoms. The molecule has 0 aliphatic carbocycles. The van der Waals surface area contributed by atoms with E-state index < -0.39 is 0 Å². The van der Waals surface area contributed by atoms with Gasteiger partial charge in [-0.15, -0.1) is 0 Å². The van der Waals surface area contributed by atoms with Crippen LogP contribution in [0.25, 0.3) is 77.6 Å². The average molecular weight is 563 g/mol. The number of rotatable bonds is 4. The van der Waals surface area contributed by atoms with Gasteiger partial charge in [0.25, 0.3) is 0 Å². The highest BCUT2D eigenvalue weighted by Gasteiger charge is 2.22. The van der Waals surface area contributed by atoms with Gasteiger partial charge in [-0.3, -0.25) is 0 Å². The summed E-state index contributed by atoms with van der Waals surface area (Å²) in [6, 6.07) is 55.4. The summed E-state index contributed by atoms with van der Waals surface area (Å²) >= 11 is 0. The molecule has 9 rings (SSSR count). The molecule has 1 aromatic heterocycles. The molecule has 1 aliphatic heterocycles. The molecule has 8 aromatic rings. The van der Waals surface area contributed by atoms with E-state index >= 15 is 0 Å². The minimum atomic E-state index is 0.838. The number of benzene rings is 7. The highest BCUT2D eigenvalue weighted by Crippen LogP contribution is 2.48. The smallest absolute Gasteiger partial charge is 0.135 e. The molecule has 0 N–H and O–H groups in total. The first-order valence-corrected chi connectivity index (χ1v) is 14.9. The van der Waals surface area contributed by atoms with E-state index in [0.29, 0.717) is 0 Å². The van der Waals surface area contributed by atoms with E-state index in [1.54, 1.807) is 0 Å². The van der Waals surface area contributed by atoms with Crippen molar-refractivity contribution in [1.82, 2.24) is 0 Å². The van der Waals surface area contributed by atoms with E-state index in [1.165, 1.54) is 27.5 Å². The van der Waals surface area contributed by atoms with E-state index in [9.17, 15) is 0 Å². The Kier molecular flexibility index (Phi) is 5.54. The van der Waals surface area contributed by atoms with Crippen molar-refractivity contribution in [3.8, 4) is 67.5 Å². The first kappa shape index (κ1) is 24.7. The molecule has 0 saturated carbocycles. The van der Waals surface area contributed by atoms with Crippen LogP contribution >= 0.6 is 0 Å². The molecule has 2 heteroatoms. The molecule has 7 aromatic carbocycles. The Labute approximate surface area is 255 Å². The van der Waals surface area contributed by atoms with Crippen LogP contribution in [-0.4, -0.2) is 0 Å². The molecular formula is C42H26O2. The number of hydrogen-bond acceptors (Lipinski definition) is 2. The number of fused-ring (bicyclic) bond motifs is 3. The second-order valence-electron chi connectivity index (χ2n) is 11.3. The van der Waals surface area contributed by atoms with Crippen molar-refractivity contribution in [1.29, 1.82) is 0 Å². The predicted molar refractivity (Wildman–Crippen MR) is 181 cm³/mol. The molecule has 0 radical (unpaired) electrons. The minimum absolute atomic E-state index is 0.838. The van der Waals surface area contributed by atoms with Crippen molar-refractivity contribution in [2.24, 2.45) is 0 Å². The molecule has 44 heavy (non-hydrogen) atoms. The fourth-order valence-corrected chi connectivity index (χ4v) is 6.72. The number of furan rings is 1. The van der Waals surface area contributed by atoms with Gasteiger partial charge in [0.1, 0.15) is 23.0 Å². The Balaban J connectivity index is 1.20. The van der Waals surface area contributed by atoms with Gasteiger partial charge in [0.15, 0.2) is 0 Å². The van der Waals surface area contributed by atoms with Crippen molar-refractivity contribution in [2.75, 3.05) is 0 Å². The van der Waals surface area contributed by atoms with Gasteiger partial charge >= 0.3 is 0 Å². The SMILES string of the molecule is c1ccc(-c2cccc3cccc(-c4ccccc4-c4ccc(-c5cc6c7c(cccc7c5)Oc5ccccc5-6)o4)c23)cc1. The molecule has 0 fully saturated rings. The van der Waals surface area contributed by atoms with E-state index in [1.807, 2.05) is 18.2 Å². The van der Waals surface area contributed by atoms with E-state index in [4.69, 9.17) is 9.15 Å². The van der Waals surface area contributed by atoms with E-state index in [2.05, 4.69) is 140 Å². The average Bonchev–Trinajstić information content (AvgIpc) is 3.59. The summed E-state index contributed by atoms with van der Waals surface area (Å²) in [6.45, 7) is 0. The van der Waals surface area contributed by atoms with Gasteiger partial charge in [-0.25, -0.2) is 0 Å². The van der Waals surface area contributed by atoms with Crippen molar-refractivity contribution < 1.29 is 9.15 Å². The number of para-hydroxylation sites is 1. The third-order valence-corrected chi connectivity index (χ3v) is 8.70. The summed E-state index contributed by atoms with van der Waals surface area (Å²) in [5.74, 6) is 3.45. The van der Waals surface area contributed by atoms with Crippen LogP contribution in [0, 0.1) is 0 Å². The first-order valence-electron chi connectivity index (χ1n) is 14.9. The van der Waals surface area contributed by atoms with E-state index in [0.717, 1.165) is 61.6 Å². The van der Waals surface area contributed by atoms with Crippen molar-refractivity contribution in [3.63, 3.8) is 0 Å².